The van der Waals surface area contributed by atoms with E-state index in [9.17, 15) is 9.90 Å². The predicted molar refractivity (Wildman–Crippen MR) is 99.8 cm³/mol. The second kappa shape index (κ2) is 9.30. The third kappa shape index (κ3) is 5.86. The number of carbonyl (C=O) groups excluding carboxylic acids is 1. The van der Waals surface area contributed by atoms with Crippen LogP contribution in [-0.4, -0.2) is 38.3 Å². The topological polar surface area (TPSA) is 64.6 Å². The molecule has 0 aliphatic heterocycles. The number of amides is 2. The lowest BCUT2D eigenvalue weighted by atomic mass is 10.1. The van der Waals surface area contributed by atoms with Crippen LogP contribution in [-0.2, 0) is 6.42 Å². The highest BCUT2D eigenvalue weighted by Gasteiger charge is 2.09. The molecule has 0 aliphatic rings. The molecule has 0 fully saturated rings. The van der Waals surface area contributed by atoms with Gasteiger partial charge in [-0.3, -0.25) is 0 Å². The van der Waals surface area contributed by atoms with Crippen LogP contribution >= 0.6 is 11.3 Å². The van der Waals surface area contributed by atoms with E-state index < -0.39 is 6.10 Å². The van der Waals surface area contributed by atoms with Crippen molar-refractivity contribution in [1.29, 1.82) is 0 Å². The summed E-state index contributed by atoms with van der Waals surface area (Å²) in [6.07, 6.45) is 1.15. The summed E-state index contributed by atoms with van der Waals surface area (Å²) in [6.45, 7) is 0.828. The van der Waals surface area contributed by atoms with Gasteiger partial charge in [-0.1, -0.05) is 18.2 Å². The zero-order valence-corrected chi connectivity index (χ0v) is 15.0. The van der Waals surface area contributed by atoms with Crippen LogP contribution in [0, 0.1) is 0 Å². The maximum Gasteiger partial charge on any atom is 0.314 e. The molecule has 1 heterocycles. The van der Waals surface area contributed by atoms with E-state index in [2.05, 4.69) is 39.8 Å². The molecule has 5 nitrogen and oxygen atoms in total. The normalized spacial score (nSPS) is 11.8. The van der Waals surface area contributed by atoms with Crippen LogP contribution in [0.2, 0.25) is 0 Å². The lowest BCUT2D eigenvalue weighted by molar-refractivity contribution is 0.176. The molecule has 0 bridgehead atoms. The van der Waals surface area contributed by atoms with Gasteiger partial charge in [-0.15, -0.1) is 11.3 Å². The van der Waals surface area contributed by atoms with E-state index >= 15 is 0 Å². The fourth-order valence-electron chi connectivity index (χ4n) is 2.29. The summed E-state index contributed by atoms with van der Waals surface area (Å²) in [6, 6.07) is 11.9. The lowest BCUT2D eigenvalue weighted by Crippen LogP contribution is -2.38. The molecule has 2 aromatic rings. The number of thiophene rings is 1. The number of hydrogen-bond donors (Lipinski definition) is 3. The first kappa shape index (κ1) is 18.3. The van der Waals surface area contributed by atoms with Crippen molar-refractivity contribution in [3.05, 3.63) is 52.2 Å². The van der Waals surface area contributed by atoms with E-state index in [0.29, 0.717) is 6.54 Å². The Balaban J connectivity index is 1.60. The van der Waals surface area contributed by atoms with Gasteiger partial charge in [-0.2, -0.15) is 0 Å². The third-order valence-corrected chi connectivity index (χ3v) is 4.68. The fourth-order valence-corrected chi connectivity index (χ4v) is 3.00. The molecule has 1 atom stereocenters. The number of rotatable bonds is 8. The minimum Gasteiger partial charge on any atom is -0.386 e. The Bertz CT molecular complexity index is 612. The van der Waals surface area contributed by atoms with Gasteiger partial charge in [0.05, 0.1) is 6.54 Å². The van der Waals surface area contributed by atoms with E-state index in [1.54, 1.807) is 0 Å². The molecule has 0 saturated heterocycles. The van der Waals surface area contributed by atoms with E-state index in [0.717, 1.165) is 17.7 Å². The van der Waals surface area contributed by atoms with Gasteiger partial charge in [-0.05, 0) is 42.0 Å². The van der Waals surface area contributed by atoms with Crippen molar-refractivity contribution in [3.8, 4) is 0 Å². The summed E-state index contributed by atoms with van der Waals surface area (Å²) in [5, 5.41) is 17.3. The number of carbonyl (C=O) groups is 1. The fraction of sp³-hybridized carbons (Fsp3) is 0.389. The summed E-state index contributed by atoms with van der Waals surface area (Å²) < 4.78 is 0. The van der Waals surface area contributed by atoms with Crippen molar-refractivity contribution in [2.45, 2.75) is 18.9 Å². The molecule has 1 aromatic carbocycles. The second-order valence-electron chi connectivity index (χ2n) is 5.83. The molecule has 1 unspecified atom stereocenters. The van der Waals surface area contributed by atoms with Gasteiger partial charge >= 0.3 is 6.03 Å². The zero-order valence-electron chi connectivity index (χ0n) is 14.2. The first-order valence-corrected chi connectivity index (χ1v) is 8.93. The van der Waals surface area contributed by atoms with Crippen molar-refractivity contribution in [2.75, 3.05) is 32.1 Å². The van der Waals surface area contributed by atoms with Crippen LogP contribution in [0.3, 0.4) is 0 Å². The van der Waals surface area contributed by atoms with Gasteiger partial charge in [0, 0.05) is 31.2 Å². The summed E-state index contributed by atoms with van der Waals surface area (Å²) in [5.41, 5.74) is 2.44. The monoisotopic (exact) mass is 347 g/mol. The molecule has 130 valence electrons. The van der Waals surface area contributed by atoms with Gasteiger partial charge < -0.3 is 20.6 Å². The van der Waals surface area contributed by atoms with Crippen molar-refractivity contribution < 1.29 is 9.90 Å². The highest BCUT2D eigenvalue weighted by Crippen LogP contribution is 2.17. The Kier molecular flexibility index (Phi) is 7.08. The number of aliphatic hydroxyl groups is 1. The van der Waals surface area contributed by atoms with Crippen molar-refractivity contribution >= 4 is 23.1 Å². The molecule has 24 heavy (non-hydrogen) atoms. The minimum absolute atomic E-state index is 0.221. The van der Waals surface area contributed by atoms with Crippen LogP contribution < -0.4 is 15.5 Å². The first-order valence-electron chi connectivity index (χ1n) is 8.05. The standard InChI is InChI=1S/C18H25N3O2S/c1-21(2)15-9-7-14(8-10-15)5-3-11-19-18(23)20-13-16(22)17-6-4-12-24-17/h4,6-10,12,16,22H,3,5,11,13H2,1-2H3,(H2,19,20,23). The average molecular weight is 347 g/mol. The molecule has 6 heteroatoms. The Morgan fingerprint density at radius 1 is 1.21 bits per heavy atom. The van der Waals surface area contributed by atoms with E-state index in [4.69, 9.17) is 0 Å². The highest BCUT2D eigenvalue weighted by atomic mass is 32.1. The quantitative estimate of drug-likeness (QED) is 0.644. The Labute approximate surface area is 147 Å². The summed E-state index contributed by atoms with van der Waals surface area (Å²) in [5.74, 6) is 0. The third-order valence-electron chi connectivity index (χ3n) is 3.71. The molecular weight excluding hydrogens is 322 g/mol. The number of nitrogens with one attached hydrogen (secondary N) is 2. The summed E-state index contributed by atoms with van der Waals surface area (Å²) in [4.78, 5) is 14.6. The molecule has 2 amide bonds. The smallest absolute Gasteiger partial charge is 0.314 e. The lowest BCUT2D eigenvalue weighted by Gasteiger charge is -2.13. The highest BCUT2D eigenvalue weighted by molar-refractivity contribution is 7.10. The number of anilines is 1. The molecule has 1 aromatic heterocycles. The van der Waals surface area contributed by atoms with Crippen molar-refractivity contribution in [3.63, 3.8) is 0 Å². The van der Waals surface area contributed by atoms with Gasteiger partial charge in [0.25, 0.3) is 0 Å². The van der Waals surface area contributed by atoms with Gasteiger partial charge in [0.2, 0.25) is 0 Å². The van der Waals surface area contributed by atoms with Crippen LogP contribution in [0.5, 0.6) is 0 Å². The van der Waals surface area contributed by atoms with E-state index in [1.807, 2.05) is 31.6 Å². The predicted octanol–water partition coefficient (Wildman–Crippen LogP) is 2.78. The number of aryl methyl sites for hydroxylation is 1. The second-order valence-corrected chi connectivity index (χ2v) is 6.81. The summed E-state index contributed by atoms with van der Waals surface area (Å²) >= 11 is 1.48. The molecule has 0 aliphatic carbocycles. The van der Waals surface area contributed by atoms with Crippen LogP contribution in [0.15, 0.2) is 41.8 Å². The molecular formula is C18H25N3O2S. The van der Waals surface area contributed by atoms with Crippen molar-refractivity contribution in [2.24, 2.45) is 0 Å². The number of hydrogen-bond acceptors (Lipinski definition) is 4. The maximum atomic E-state index is 11.7. The average Bonchev–Trinajstić information content (AvgIpc) is 3.11. The van der Waals surface area contributed by atoms with Crippen LogP contribution in [0.4, 0.5) is 10.5 Å². The molecule has 0 radical (unpaired) electrons. The van der Waals surface area contributed by atoms with Crippen molar-refractivity contribution in [1.82, 2.24) is 10.6 Å². The SMILES string of the molecule is CN(C)c1ccc(CCCNC(=O)NCC(O)c2cccs2)cc1. The summed E-state index contributed by atoms with van der Waals surface area (Å²) in [7, 11) is 4.04. The molecule has 0 spiro atoms. The largest absolute Gasteiger partial charge is 0.386 e. The number of urea groups is 1. The maximum absolute atomic E-state index is 11.7. The Morgan fingerprint density at radius 2 is 1.96 bits per heavy atom. The Hall–Kier alpha value is -2.05. The van der Waals surface area contributed by atoms with E-state index in [1.165, 1.54) is 22.6 Å². The minimum atomic E-state index is -0.647. The number of aliphatic hydroxyl groups excluding tert-OH is 1. The number of benzene rings is 1. The zero-order chi connectivity index (χ0) is 17.4. The Morgan fingerprint density at radius 3 is 2.58 bits per heavy atom. The van der Waals surface area contributed by atoms with Gasteiger partial charge in [0.15, 0.2) is 0 Å². The number of nitrogens with zero attached hydrogens (tertiary/aromatic N) is 1. The van der Waals surface area contributed by atoms with Gasteiger partial charge in [-0.25, -0.2) is 4.79 Å². The first-order chi connectivity index (χ1) is 11.6. The van der Waals surface area contributed by atoms with Crippen LogP contribution in [0.1, 0.15) is 23.0 Å². The van der Waals surface area contributed by atoms with Crippen LogP contribution in [0.25, 0.3) is 0 Å². The molecule has 2 rings (SSSR count). The van der Waals surface area contributed by atoms with Gasteiger partial charge in [0.1, 0.15) is 6.10 Å². The molecule has 0 saturated carbocycles. The van der Waals surface area contributed by atoms with E-state index in [-0.39, 0.29) is 12.6 Å². The molecule has 3 N–H and O–H groups in total.